The van der Waals surface area contributed by atoms with Crippen LogP contribution in [0.5, 0.6) is 11.5 Å². The fraction of sp³-hybridized carbons (Fsp3) is 0.350. The Kier molecular flexibility index (Phi) is 6.22. The second-order valence-corrected chi connectivity index (χ2v) is 7.39. The summed E-state index contributed by atoms with van der Waals surface area (Å²) in [7, 11) is 4.82. The molecule has 1 aliphatic heterocycles. The van der Waals surface area contributed by atoms with E-state index in [1.54, 1.807) is 38.4 Å². The Hall–Kier alpha value is -2.16. The van der Waals surface area contributed by atoms with Gasteiger partial charge in [-0.25, -0.2) is 4.39 Å². The number of ether oxygens (including phenoxy) is 2. The maximum atomic E-state index is 13.8. The SMILES string of the molecule is CNC(O)N1N=C(c2ccc(F)c(Br)c2)c2cc(OC)c(OC)cc2CC1C. The van der Waals surface area contributed by atoms with Crippen LogP contribution in [-0.4, -0.2) is 49.5 Å². The number of rotatable bonds is 5. The van der Waals surface area contributed by atoms with Gasteiger partial charge in [-0.2, -0.15) is 5.10 Å². The van der Waals surface area contributed by atoms with Crippen LogP contribution in [0.15, 0.2) is 39.9 Å². The van der Waals surface area contributed by atoms with E-state index in [-0.39, 0.29) is 11.9 Å². The van der Waals surface area contributed by atoms with Gasteiger partial charge in [-0.1, -0.05) is 0 Å². The number of nitrogens with zero attached hydrogens (tertiary/aromatic N) is 2. The van der Waals surface area contributed by atoms with Crippen LogP contribution in [0.2, 0.25) is 0 Å². The van der Waals surface area contributed by atoms with Gasteiger partial charge in [0.2, 0.25) is 0 Å². The van der Waals surface area contributed by atoms with Crippen molar-refractivity contribution in [2.24, 2.45) is 5.10 Å². The number of halogens is 2. The Morgan fingerprint density at radius 2 is 1.93 bits per heavy atom. The molecule has 28 heavy (non-hydrogen) atoms. The van der Waals surface area contributed by atoms with Gasteiger partial charge < -0.3 is 14.6 Å². The number of hydrogen-bond acceptors (Lipinski definition) is 6. The average Bonchev–Trinajstić information content (AvgIpc) is 2.84. The second-order valence-electron chi connectivity index (χ2n) is 6.54. The van der Waals surface area contributed by atoms with Crippen LogP contribution in [0.1, 0.15) is 23.6 Å². The fourth-order valence-electron chi connectivity index (χ4n) is 3.27. The van der Waals surface area contributed by atoms with E-state index in [1.807, 2.05) is 19.1 Å². The number of hydrazone groups is 1. The summed E-state index contributed by atoms with van der Waals surface area (Å²) in [6, 6.07) is 8.42. The Morgan fingerprint density at radius 3 is 2.54 bits per heavy atom. The van der Waals surface area contributed by atoms with Gasteiger partial charge >= 0.3 is 0 Å². The molecule has 1 aliphatic rings. The first-order chi connectivity index (χ1) is 13.4. The molecule has 2 aromatic rings. The summed E-state index contributed by atoms with van der Waals surface area (Å²) < 4.78 is 25.1. The topological polar surface area (TPSA) is 66.3 Å². The lowest BCUT2D eigenvalue weighted by molar-refractivity contribution is -0.0372. The normalized spacial score (nSPS) is 17.5. The lowest BCUT2D eigenvalue weighted by Crippen LogP contribution is -2.46. The molecule has 2 unspecified atom stereocenters. The van der Waals surface area contributed by atoms with Crippen LogP contribution in [-0.2, 0) is 6.42 Å². The lowest BCUT2D eigenvalue weighted by Gasteiger charge is -2.29. The van der Waals surface area contributed by atoms with Gasteiger partial charge in [-0.05, 0) is 72.2 Å². The van der Waals surface area contributed by atoms with Crippen molar-refractivity contribution in [3.63, 3.8) is 0 Å². The summed E-state index contributed by atoms with van der Waals surface area (Å²) in [5.74, 6) is 0.840. The first-order valence-corrected chi connectivity index (χ1v) is 9.61. The Morgan fingerprint density at radius 1 is 1.25 bits per heavy atom. The maximum Gasteiger partial charge on any atom is 0.199 e. The molecule has 2 atom stereocenters. The highest BCUT2D eigenvalue weighted by molar-refractivity contribution is 9.10. The third-order valence-electron chi connectivity index (χ3n) is 4.75. The van der Waals surface area contributed by atoms with Crippen LogP contribution < -0.4 is 14.8 Å². The molecule has 3 rings (SSSR count). The number of aliphatic hydroxyl groups excluding tert-OH is 1. The van der Waals surface area contributed by atoms with Gasteiger partial charge in [0.05, 0.1) is 30.4 Å². The van der Waals surface area contributed by atoms with E-state index in [0.717, 1.165) is 11.1 Å². The molecule has 1 heterocycles. The predicted molar refractivity (Wildman–Crippen MR) is 109 cm³/mol. The third-order valence-corrected chi connectivity index (χ3v) is 5.36. The van der Waals surface area contributed by atoms with Crippen molar-refractivity contribution in [1.82, 2.24) is 10.3 Å². The Labute approximate surface area is 172 Å². The van der Waals surface area contributed by atoms with Gasteiger partial charge in [0.25, 0.3) is 0 Å². The third kappa shape index (κ3) is 3.85. The van der Waals surface area contributed by atoms with Crippen molar-refractivity contribution in [3.05, 3.63) is 57.3 Å². The standard InChI is InChI=1S/C20H23BrFN3O3/c1-11-7-13-9-17(27-3)18(28-4)10-14(13)19(24-25(11)20(26)23-2)12-5-6-16(22)15(21)8-12/h5-6,8-11,20,23,26H,7H2,1-4H3. The largest absolute Gasteiger partial charge is 0.493 e. The van der Waals surface area contributed by atoms with Crippen LogP contribution in [0.4, 0.5) is 4.39 Å². The van der Waals surface area contributed by atoms with Crippen molar-refractivity contribution >= 4 is 21.6 Å². The van der Waals surface area contributed by atoms with E-state index in [9.17, 15) is 9.50 Å². The highest BCUT2D eigenvalue weighted by Gasteiger charge is 2.28. The quantitative estimate of drug-likeness (QED) is 0.683. The summed E-state index contributed by atoms with van der Waals surface area (Å²) in [5, 5.41) is 19.6. The van der Waals surface area contributed by atoms with Crippen LogP contribution in [0.3, 0.4) is 0 Å². The van der Waals surface area contributed by atoms with E-state index >= 15 is 0 Å². The molecular formula is C20H23BrFN3O3. The van der Waals surface area contributed by atoms with Crippen LogP contribution >= 0.6 is 15.9 Å². The van der Waals surface area contributed by atoms with Gasteiger partial charge in [-0.15, -0.1) is 0 Å². The molecule has 0 aromatic heterocycles. The Balaban J connectivity index is 2.25. The minimum absolute atomic E-state index is 0.0966. The van der Waals surface area contributed by atoms with Gasteiger partial charge in [-0.3, -0.25) is 10.3 Å². The highest BCUT2D eigenvalue weighted by atomic mass is 79.9. The van der Waals surface area contributed by atoms with Gasteiger partial charge in [0, 0.05) is 11.1 Å². The minimum atomic E-state index is -0.966. The number of hydrogen-bond donors (Lipinski definition) is 2. The smallest absolute Gasteiger partial charge is 0.199 e. The van der Waals surface area contributed by atoms with Crippen molar-refractivity contribution in [2.75, 3.05) is 21.3 Å². The molecule has 8 heteroatoms. The molecule has 0 saturated carbocycles. The van der Waals surface area contributed by atoms with Gasteiger partial charge in [0.15, 0.2) is 17.9 Å². The van der Waals surface area contributed by atoms with Crippen molar-refractivity contribution in [1.29, 1.82) is 0 Å². The van der Waals surface area contributed by atoms with Gasteiger partial charge in [0.1, 0.15) is 5.82 Å². The molecule has 0 aliphatic carbocycles. The summed E-state index contributed by atoms with van der Waals surface area (Å²) >= 11 is 3.24. The maximum absolute atomic E-state index is 13.8. The number of benzene rings is 2. The molecule has 0 spiro atoms. The highest BCUT2D eigenvalue weighted by Crippen LogP contribution is 2.35. The summed E-state index contributed by atoms with van der Waals surface area (Å²) in [5.41, 5.74) is 3.16. The minimum Gasteiger partial charge on any atom is -0.493 e. The van der Waals surface area contributed by atoms with E-state index in [2.05, 4.69) is 21.2 Å². The zero-order valence-electron chi connectivity index (χ0n) is 16.2. The predicted octanol–water partition coefficient (Wildman–Crippen LogP) is 3.10. The molecule has 150 valence electrons. The molecule has 0 amide bonds. The molecule has 2 aromatic carbocycles. The van der Waals surface area contributed by atoms with Crippen molar-refractivity contribution in [2.45, 2.75) is 25.7 Å². The van der Waals surface area contributed by atoms with Crippen molar-refractivity contribution < 1.29 is 19.0 Å². The van der Waals surface area contributed by atoms with E-state index in [0.29, 0.717) is 33.7 Å². The van der Waals surface area contributed by atoms with Crippen LogP contribution in [0, 0.1) is 5.82 Å². The molecule has 0 fully saturated rings. The average molecular weight is 452 g/mol. The second kappa shape index (κ2) is 8.46. The first kappa shape index (κ1) is 20.6. The molecule has 0 radical (unpaired) electrons. The summed E-state index contributed by atoms with van der Waals surface area (Å²) in [4.78, 5) is 0. The first-order valence-electron chi connectivity index (χ1n) is 8.82. The summed E-state index contributed by atoms with van der Waals surface area (Å²) in [6.45, 7) is 1.98. The summed E-state index contributed by atoms with van der Waals surface area (Å²) in [6.07, 6.45) is -0.337. The van der Waals surface area contributed by atoms with Crippen molar-refractivity contribution in [3.8, 4) is 11.5 Å². The monoisotopic (exact) mass is 451 g/mol. The zero-order chi connectivity index (χ0) is 20.4. The number of fused-ring (bicyclic) bond motifs is 1. The molecule has 6 nitrogen and oxygen atoms in total. The molecule has 0 saturated heterocycles. The number of nitrogens with one attached hydrogen (secondary N) is 1. The number of aliphatic hydroxyl groups is 1. The van der Waals surface area contributed by atoms with E-state index in [1.165, 1.54) is 6.07 Å². The number of methoxy groups -OCH3 is 2. The van der Waals surface area contributed by atoms with Crippen LogP contribution in [0.25, 0.3) is 0 Å². The van der Waals surface area contributed by atoms with E-state index < -0.39 is 6.35 Å². The lowest BCUT2D eigenvalue weighted by atomic mass is 9.94. The molecule has 0 bridgehead atoms. The fourth-order valence-corrected chi connectivity index (χ4v) is 3.65. The van der Waals surface area contributed by atoms with E-state index in [4.69, 9.17) is 14.6 Å². The zero-order valence-corrected chi connectivity index (χ0v) is 17.7. The molecule has 2 N–H and O–H groups in total. The Bertz CT molecular complexity index is 907. The molecular weight excluding hydrogens is 429 g/mol.